The van der Waals surface area contributed by atoms with Gasteiger partial charge < -0.3 is 4.74 Å². The SMILES string of the molecule is C/C=C\C(OC)=C(\C)C(C)C. The first-order valence-corrected chi connectivity index (χ1v) is 4.01. The summed E-state index contributed by atoms with van der Waals surface area (Å²) in [4.78, 5) is 0. The average molecular weight is 154 g/mol. The zero-order chi connectivity index (χ0) is 8.85. The van der Waals surface area contributed by atoms with Gasteiger partial charge in [0, 0.05) is 0 Å². The topological polar surface area (TPSA) is 9.23 Å². The fourth-order valence-corrected chi connectivity index (χ4v) is 0.796. The number of ether oxygens (including phenoxy) is 1. The van der Waals surface area contributed by atoms with Gasteiger partial charge in [-0.05, 0) is 31.4 Å². The smallest absolute Gasteiger partial charge is 0.117 e. The molecule has 64 valence electrons. The number of methoxy groups -OCH3 is 1. The van der Waals surface area contributed by atoms with Gasteiger partial charge in [0.25, 0.3) is 0 Å². The van der Waals surface area contributed by atoms with Gasteiger partial charge in [0.05, 0.1) is 7.11 Å². The van der Waals surface area contributed by atoms with Crippen molar-refractivity contribution in [3.63, 3.8) is 0 Å². The lowest BCUT2D eigenvalue weighted by Crippen LogP contribution is -1.95. The van der Waals surface area contributed by atoms with Gasteiger partial charge in [0.2, 0.25) is 0 Å². The summed E-state index contributed by atoms with van der Waals surface area (Å²) in [5, 5.41) is 0. The van der Waals surface area contributed by atoms with Gasteiger partial charge in [-0.1, -0.05) is 19.9 Å². The van der Waals surface area contributed by atoms with Gasteiger partial charge in [0.1, 0.15) is 5.76 Å². The highest BCUT2D eigenvalue weighted by molar-refractivity contribution is 5.19. The first-order valence-electron chi connectivity index (χ1n) is 4.01. The normalized spacial score (nSPS) is 14.0. The number of hydrogen-bond donors (Lipinski definition) is 0. The van der Waals surface area contributed by atoms with E-state index in [-0.39, 0.29) is 0 Å². The Morgan fingerprint density at radius 2 is 1.91 bits per heavy atom. The summed E-state index contributed by atoms with van der Waals surface area (Å²) in [5.41, 5.74) is 1.30. The van der Waals surface area contributed by atoms with Crippen molar-refractivity contribution in [3.05, 3.63) is 23.5 Å². The first-order chi connectivity index (χ1) is 5.13. The summed E-state index contributed by atoms with van der Waals surface area (Å²) in [7, 11) is 1.71. The molecule has 0 unspecified atom stereocenters. The van der Waals surface area contributed by atoms with E-state index in [1.165, 1.54) is 5.57 Å². The molecule has 0 aliphatic carbocycles. The molecule has 0 heterocycles. The Kier molecular flexibility index (Phi) is 4.67. The highest BCUT2D eigenvalue weighted by Gasteiger charge is 2.02. The predicted octanol–water partition coefficient (Wildman–Crippen LogP) is 3.14. The summed E-state index contributed by atoms with van der Waals surface area (Å²) < 4.78 is 5.21. The minimum Gasteiger partial charge on any atom is -0.497 e. The fourth-order valence-electron chi connectivity index (χ4n) is 0.796. The van der Waals surface area contributed by atoms with Gasteiger partial charge in [-0.25, -0.2) is 0 Å². The van der Waals surface area contributed by atoms with E-state index in [9.17, 15) is 0 Å². The van der Waals surface area contributed by atoms with Crippen LogP contribution < -0.4 is 0 Å². The molecule has 0 aromatic heterocycles. The minimum absolute atomic E-state index is 0.557. The molecule has 1 heteroatoms. The van der Waals surface area contributed by atoms with Gasteiger partial charge in [0.15, 0.2) is 0 Å². The van der Waals surface area contributed by atoms with Gasteiger partial charge in [-0.15, -0.1) is 0 Å². The molecule has 11 heavy (non-hydrogen) atoms. The number of rotatable bonds is 3. The molecule has 0 N–H and O–H groups in total. The van der Waals surface area contributed by atoms with Crippen molar-refractivity contribution in [2.45, 2.75) is 27.7 Å². The molecule has 0 amide bonds. The Morgan fingerprint density at radius 1 is 1.36 bits per heavy atom. The maximum Gasteiger partial charge on any atom is 0.117 e. The molecule has 0 saturated heterocycles. The van der Waals surface area contributed by atoms with Crippen molar-refractivity contribution in [1.82, 2.24) is 0 Å². The lowest BCUT2D eigenvalue weighted by atomic mass is 10.0. The van der Waals surface area contributed by atoms with E-state index in [1.54, 1.807) is 7.11 Å². The van der Waals surface area contributed by atoms with Crippen LogP contribution in [0.15, 0.2) is 23.5 Å². The third kappa shape index (κ3) is 3.26. The Morgan fingerprint density at radius 3 is 2.18 bits per heavy atom. The quantitative estimate of drug-likeness (QED) is 0.448. The Hall–Kier alpha value is -0.720. The molecule has 0 atom stereocenters. The molecule has 1 nitrogen and oxygen atoms in total. The van der Waals surface area contributed by atoms with Crippen LogP contribution in [0.5, 0.6) is 0 Å². The van der Waals surface area contributed by atoms with Crippen LogP contribution in [0.4, 0.5) is 0 Å². The molecule has 0 spiro atoms. The Labute approximate surface area is 69.8 Å². The highest BCUT2D eigenvalue weighted by atomic mass is 16.5. The largest absolute Gasteiger partial charge is 0.497 e. The zero-order valence-electron chi connectivity index (χ0n) is 8.14. The van der Waals surface area contributed by atoms with E-state index in [0.29, 0.717) is 5.92 Å². The van der Waals surface area contributed by atoms with Crippen molar-refractivity contribution in [2.24, 2.45) is 5.92 Å². The van der Waals surface area contributed by atoms with E-state index in [4.69, 9.17) is 4.74 Å². The van der Waals surface area contributed by atoms with Crippen molar-refractivity contribution in [1.29, 1.82) is 0 Å². The monoisotopic (exact) mass is 154 g/mol. The van der Waals surface area contributed by atoms with E-state index < -0.39 is 0 Å². The summed E-state index contributed by atoms with van der Waals surface area (Å²) in [6.45, 7) is 8.42. The summed E-state index contributed by atoms with van der Waals surface area (Å²) >= 11 is 0. The predicted molar refractivity (Wildman–Crippen MR) is 49.4 cm³/mol. The number of allylic oxidation sites excluding steroid dienone is 3. The van der Waals surface area contributed by atoms with Gasteiger partial charge in [-0.3, -0.25) is 0 Å². The fraction of sp³-hybridized carbons (Fsp3) is 0.600. The van der Waals surface area contributed by atoms with Crippen LogP contribution in [0.25, 0.3) is 0 Å². The lowest BCUT2D eigenvalue weighted by Gasteiger charge is -2.09. The first kappa shape index (κ1) is 10.3. The summed E-state index contributed by atoms with van der Waals surface area (Å²) in [6, 6.07) is 0. The van der Waals surface area contributed by atoms with Gasteiger partial charge in [-0.2, -0.15) is 0 Å². The van der Waals surface area contributed by atoms with Crippen LogP contribution in [-0.2, 0) is 4.74 Å². The molecular weight excluding hydrogens is 136 g/mol. The van der Waals surface area contributed by atoms with Gasteiger partial charge >= 0.3 is 0 Å². The summed E-state index contributed by atoms with van der Waals surface area (Å²) in [6.07, 6.45) is 3.99. The maximum atomic E-state index is 5.21. The van der Waals surface area contributed by atoms with Crippen LogP contribution in [0, 0.1) is 5.92 Å². The second-order valence-electron chi connectivity index (χ2n) is 2.91. The average Bonchev–Trinajstić information content (AvgIpc) is 1.98. The third-order valence-electron chi connectivity index (χ3n) is 1.79. The Balaban J connectivity index is 4.53. The van der Waals surface area contributed by atoms with Crippen LogP contribution in [0.1, 0.15) is 27.7 Å². The van der Waals surface area contributed by atoms with Crippen molar-refractivity contribution >= 4 is 0 Å². The number of hydrogen-bond acceptors (Lipinski definition) is 1. The molecule has 0 rings (SSSR count). The second-order valence-corrected chi connectivity index (χ2v) is 2.91. The van der Waals surface area contributed by atoms with Crippen molar-refractivity contribution < 1.29 is 4.74 Å². The van der Waals surface area contributed by atoms with E-state index >= 15 is 0 Å². The van der Waals surface area contributed by atoms with Crippen LogP contribution in [0.2, 0.25) is 0 Å². The van der Waals surface area contributed by atoms with Crippen molar-refractivity contribution in [2.75, 3.05) is 7.11 Å². The van der Waals surface area contributed by atoms with Crippen LogP contribution in [-0.4, -0.2) is 7.11 Å². The van der Waals surface area contributed by atoms with E-state index in [0.717, 1.165) is 5.76 Å². The molecule has 0 aliphatic heterocycles. The molecule has 0 fully saturated rings. The molecule has 0 aromatic rings. The summed E-state index contributed by atoms with van der Waals surface area (Å²) in [5.74, 6) is 1.55. The Bertz CT molecular complexity index is 164. The molecule has 0 bridgehead atoms. The van der Waals surface area contributed by atoms with Crippen LogP contribution >= 0.6 is 0 Å². The van der Waals surface area contributed by atoms with Crippen LogP contribution in [0.3, 0.4) is 0 Å². The molecule has 0 aromatic carbocycles. The highest BCUT2D eigenvalue weighted by Crippen LogP contribution is 2.15. The second kappa shape index (κ2) is 5.00. The van der Waals surface area contributed by atoms with E-state index in [2.05, 4.69) is 20.8 Å². The molecule has 0 radical (unpaired) electrons. The minimum atomic E-state index is 0.557. The lowest BCUT2D eigenvalue weighted by molar-refractivity contribution is 0.298. The van der Waals surface area contributed by atoms with Crippen molar-refractivity contribution in [3.8, 4) is 0 Å². The molecule has 0 aliphatic rings. The van der Waals surface area contributed by atoms with E-state index in [1.807, 2.05) is 19.1 Å². The standard InChI is InChI=1S/C10H18O/c1-6-7-10(11-5)9(4)8(2)3/h6-8H,1-5H3/b7-6-,10-9+. The molecular formula is C10H18O. The molecule has 0 saturated carbocycles. The zero-order valence-corrected chi connectivity index (χ0v) is 8.14. The third-order valence-corrected chi connectivity index (χ3v) is 1.79. The maximum absolute atomic E-state index is 5.21.